The normalized spacial score (nSPS) is 9.81. The summed E-state index contributed by atoms with van der Waals surface area (Å²) < 4.78 is 5.12. The van der Waals surface area contributed by atoms with E-state index in [1.54, 1.807) is 0 Å². The van der Waals surface area contributed by atoms with Crippen LogP contribution in [0.2, 0.25) is 10.0 Å². The van der Waals surface area contributed by atoms with Crippen LogP contribution in [-0.4, -0.2) is 35.9 Å². The van der Waals surface area contributed by atoms with Crippen LogP contribution in [0.15, 0.2) is 24.8 Å². The fourth-order valence-corrected chi connectivity index (χ4v) is 1.78. The van der Waals surface area contributed by atoms with Gasteiger partial charge < -0.3 is 15.2 Å². The van der Waals surface area contributed by atoms with E-state index in [0.717, 1.165) is 6.08 Å². The molecule has 0 heterocycles. The lowest BCUT2D eigenvalue weighted by molar-refractivity contribution is -0.138. The Balaban J connectivity index is 2.75. The second-order valence-electron chi connectivity index (χ2n) is 3.77. The molecule has 21 heavy (non-hydrogen) atoms. The molecule has 8 heteroatoms. The molecule has 0 spiro atoms. The van der Waals surface area contributed by atoms with E-state index in [4.69, 9.17) is 33.0 Å². The van der Waals surface area contributed by atoms with Gasteiger partial charge in [-0.2, -0.15) is 0 Å². The number of allylic oxidation sites excluding steroid dienone is 1. The van der Waals surface area contributed by atoms with Crippen LogP contribution in [0.5, 0.6) is 5.75 Å². The lowest BCUT2D eigenvalue weighted by atomic mass is 10.1. The minimum absolute atomic E-state index is 0.00925. The summed E-state index contributed by atoms with van der Waals surface area (Å²) in [6.07, 6.45) is 1.09. The van der Waals surface area contributed by atoms with Gasteiger partial charge in [-0.1, -0.05) is 29.8 Å². The molecule has 0 aromatic heterocycles. The van der Waals surface area contributed by atoms with Gasteiger partial charge in [0.2, 0.25) is 0 Å². The first-order valence-corrected chi connectivity index (χ1v) is 6.38. The Morgan fingerprint density at radius 3 is 2.52 bits per heavy atom. The van der Waals surface area contributed by atoms with Crippen molar-refractivity contribution in [3.63, 3.8) is 0 Å². The number of carbonyl (C=O) groups is 3. The average molecular weight is 332 g/mol. The smallest absolute Gasteiger partial charge is 0.322 e. The number of ketones is 1. The Morgan fingerprint density at radius 2 is 1.95 bits per heavy atom. The molecule has 0 radical (unpaired) electrons. The van der Waals surface area contributed by atoms with Gasteiger partial charge >= 0.3 is 5.97 Å². The van der Waals surface area contributed by atoms with Gasteiger partial charge in [0.1, 0.15) is 17.3 Å². The van der Waals surface area contributed by atoms with Crippen molar-refractivity contribution in [3.05, 3.63) is 40.4 Å². The minimum atomic E-state index is -1.17. The van der Waals surface area contributed by atoms with Gasteiger partial charge in [-0.25, -0.2) is 0 Å². The summed E-state index contributed by atoms with van der Waals surface area (Å²) in [6, 6.07) is 2.78. The summed E-state index contributed by atoms with van der Waals surface area (Å²) in [4.78, 5) is 33.1. The monoisotopic (exact) mass is 331 g/mol. The van der Waals surface area contributed by atoms with Gasteiger partial charge in [-0.15, -0.1) is 0 Å². The predicted octanol–water partition coefficient (Wildman–Crippen LogP) is 1.94. The minimum Gasteiger partial charge on any atom is -0.482 e. The van der Waals surface area contributed by atoms with Crippen LogP contribution in [0.1, 0.15) is 10.4 Å². The summed E-state index contributed by atoms with van der Waals surface area (Å²) in [7, 11) is 0. The lowest BCUT2D eigenvalue weighted by Gasteiger charge is -2.10. The Hall–Kier alpha value is -2.05. The Morgan fingerprint density at radius 1 is 1.29 bits per heavy atom. The number of carboxylic acids is 1. The van der Waals surface area contributed by atoms with Crippen LogP contribution in [0.4, 0.5) is 0 Å². The second kappa shape index (κ2) is 7.66. The summed E-state index contributed by atoms with van der Waals surface area (Å²) in [5.74, 6) is -2.09. The highest BCUT2D eigenvalue weighted by Gasteiger charge is 2.15. The molecule has 0 bridgehead atoms. The summed E-state index contributed by atoms with van der Waals surface area (Å²) >= 11 is 11.9. The van der Waals surface area contributed by atoms with Gasteiger partial charge in [0.15, 0.2) is 12.4 Å². The molecule has 2 N–H and O–H groups in total. The van der Waals surface area contributed by atoms with E-state index in [2.05, 4.69) is 11.9 Å². The third-order valence-electron chi connectivity index (χ3n) is 2.29. The van der Waals surface area contributed by atoms with E-state index in [9.17, 15) is 14.4 Å². The van der Waals surface area contributed by atoms with E-state index in [-0.39, 0.29) is 21.4 Å². The van der Waals surface area contributed by atoms with E-state index >= 15 is 0 Å². The largest absolute Gasteiger partial charge is 0.482 e. The number of carbonyl (C=O) groups excluding carboxylic acids is 2. The maximum atomic E-state index is 11.5. The molecule has 0 aliphatic carbocycles. The first-order chi connectivity index (χ1) is 9.86. The van der Waals surface area contributed by atoms with Crippen molar-refractivity contribution in [2.45, 2.75) is 0 Å². The molecule has 1 amide bonds. The van der Waals surface area contributed by atoms with E-state index in [1.165, 1.54) is 12.1 Å². The number of benzene rings is 1. The lowest BCUT2D eigenvalue weighted by Crippen LogP contribution is -2.33. The fourth-order valence-electron chi connectivity index (χ4n) is 1.31. The van der Waals surface area contributed by atoms with E-state index in [1.807, 2.05) is 0 Å². The molecule has 0 saturated heterocycles. The number of amides is 1. The molecule has 1 rings (SSSR count). The van der Waals surface area contributed by atoms with Gasteiger partial charge in [-0.05, 0) is 18.2 Å². The first-order valence-electron chi connectivity index (χ1n) is 5.63. The number of hydrogen-bond acceptors (Lipinski definition) is 4. The SMILES string of the molecule is C=CC(=O)c1ccc(OCC(=O)NCC(=O)O)c(Cl)c1Cl. The van der Waals surface area contributed by atoms with Gasteiger partial charge in [0.25, 0.3) is 5.91 Å². The Labute approximate surface area is 130 Å². The van der Waals surface area contributed by atoms with Crippen molar-refractivity contribution in [1.29, 1.82) is 0 Å². The molecule has 0 saturated carbocycles. The van der Waals surface area contributed by atoms with Crippen molar-refractivity contribution in [2.24, 2.45) is 0 Å². The highest BCUT2D eigenvalue weighted by Crippen LogP contribution is 2.34. The highest BCUT2D eigenvalue weighted by atomic mass is 35.5. The molecule has 1 aromatic carbocycles. The number of carboxylic acid groups (broad SMARTS) is 1. The third-order valence-corrected chi connectivity index (χ3v) is 3.16. The molecule has 112 valence electrons. The van der Waals surface area contributed by atoms with Gasteiger partial charge in [-0.3, -0.25) is 14.4 Å². The number of nitrogens with one attached hydrogen (secondary N) is 1. The van der Waals surface area contributed by atoms with Crippen LogP contribution >= 0.6 is 23.2 Å². The number of ether oxygens (including phenoxy) is 1. The number of hydrogen-bond donors (Lipinski definition) is 2. The molecule has 0 fully saturated rings. The van der Waals surface area contributed by atoms with Crippen LogP contribution < -0.4 is 10.1 Å². The zero-order chi connectivity index (χ0) is 16.0. The summed E-state index contributed by atoms with van der Waals surface area (Å²) in [5.41, 5.74) is 0.166. The van der Waals surface area contributed by atoms with Crippen molar-refractivity contribution in [3.8, 4) is 5.75 Å². The molecule has 6 nitrogen and oxygen atoms in total. The average Bonchev–Trinajstić information content (AvgIpc) is 2.45. The maximum Gasteiger partial charge on any atom is 0.322 e. The zero-order valence-corrected chi connectivity index (χ0v) is 12.2. The molecular formula is C13H11Cl2NO5. The standard InChI is InChI=1S/C13H11Cl2NO5/c1-2-8(17)7-3-4-9(13(15)12(7)14)21-6-10(18)16-5-11(19)20/h2-4H,1,5-6H2,(H,16,18)(H,19,20). The van der Waals surface area contributed by atoms with Gasteiger partial charge in [0, 0.05) is 5.56 Å². The number of aliphatic carboxylic acids is 1. The molecular weight excluding hydrogens is 321 g/mol. The quantitative estimate of drug-likeness (QED) is 0.588. The third kappa shape index (κ3) is 4.77. The molecule has 1 aromatic rings. The number of halogens is 2. The predicted molar refractivity (Wildman–Crippen MR) is 77.1 cm³/mol. The van der Waals surface area contributed by atoms with Crippen LogP contribution in [0.25, 0.3) is 0 Å². The van der Waals surface area contributed by atoms with Crippen molar-refractivity contribution >= 4 is 40.9 Å². The first kappa shape index (κ1) is 17.0. The van der Waals surface area contributed by atoms with Crippen molar-refractivity contribution in [1.82, 2.24) is 5.32 Å². The Bertz CT molecular complexity index is 600. The van der Waals surface area contributed by atoms with Crippen LogP contribution in [-0.2, 0) is 9.59 Å². The summed E-state index contributed by atoms with van der Waals surface area (Å²) in [5, 5.41) is 10.5. The Kier molecular flexibility index (Phi) is 6.20. The topological polar surface area (TPSA) is 92.7 Å². The number of rotatable bonds is 7. The van der Waals surface area contributed by atoms with E-state index in [0.29, 0.717) is 0 Å². The summed E-state index contributed by atoms with van der Waals surface area (Å²) in [6.45, 7) is 2.40. The second-order valence-corrected chi connectivity index (χ2v) is 4.52. The zero-order valence-electron chi connectivity index (χ0n) is 10.7. The maximum absolute atomic E-state index is 11.5. The molecule has 0 atom stereocenters. The van der Waals surface area contributed by atoms with Crippen LogP contribution in [0, 0.1) is 0 Å². The van der Waals surface area contributed by atoms with E-state index < -0.39 is 30.8 Å². The highest BCUT2D eigenvalue weighted by molar-refractivity contribution is 6.45. The van der Waals surface area contributed by atoms with Crippen LogP contribution in [0.3, 0.4) is 0 Å². The van der Waals surface area contributed by atoms with Crippen molar-refractivity contribution < 1.29 is 24.2 Å². The van der Waals surface area contributed by atoms with Gasteiger partial charge in [0.05, 0.1) is 5.02 Å². The molecule has 0 unspecified atom stereocenters. The molecule has 0 aliphatic heterocycles. The molecule has 0 aliphatic rings. The fraction of sp³-hybridized carbons (Fsp3) is 0.154. The van der Waals surface area contributed by atoms with Crippen molar-refractivity contribution in [2.75, 3.05) is 13.2 Å².